The average molecular weight is 414 g/mol. The Morgan fingerprint density at radius 2 is 1.68 bits per heavy atom. The molecule has 3 aromatic rings. The van der Waals surface area contributed by atoms with Crippen molar-refractivity contribution in [1.82, 2.24) is 10.3 Å². The first-order valence-corrected chi connectivity index (χ1v) is 10.0. The number of rotatable bonds is 7. The summed E-state index contributed by atoms with van der Waals surface area (Å²) in [5.74, 6) is -0.882. The fraction of sp³-hybridized carbons (Fsp3) is 0.160. The first-order valence-electron chi connectivity index (χ1n) is 10.0. The molecule has 0 bridgehead atoms. The van der Waals surface area contributed by atoms with Crippen LogP contribution in [0.4, 0.5) is 4.79 Å². The van der Waals surface area contributed by atoms with E-state index in [0.29, 0.717) is 12.2 Å². The van der Waals surface area contributed by atoms with Crippen LogP contribution in [0.2, 0.25) is 0 Å². The van der Waals surface area contributed by atoms with Gasteiger partial charge in [-0.2, -0.15) is 0 Å². The van der Waals surface area contributed by atoms with Gasteiger partial charge in [-0.3, -0.25) is 9.78 Å². The summed E-state index contributed by atoms with van der Waals surface area (Å²) in [4.78, 5) is 26.9. The van der Waals surface area contributed by atoms with Crippen molar-refractivity contribution < 1.29 is 19.4 Å². The minimum atomic E-state index is -0.914. The third kappa shape index (κ3) is 4.80. The Bertz CT molecular complexity index is 1080. The SMILES string of the molecule is O=C(O)Cc1ccc(C=CCNC(=O)OCC2c3ccccc3-c3ccccc32)cn1. The van der Waals surface area contributed by atoms with Crippen molar-refractivity contribution in [1.29, 1.82) is 0 Å². The van der Waals surface area contributed by atoms with Crippen molar-refractivity contribution in [3.05, 3.63) is 95.3 Å². The van der Waals surface area contributed by atoms with Gasteiger partial charge in [-0.05, 0) is 33.9 Å². The van der Waals surface area contributed by atoms with E-state index in [-0.39, 0.29) is 18.9 Å². The molecule has 2 aromatic carbocycles. The lowest BCUT2D eigenvalue weighted by Gasteiger charge is -2.14. The molecule has 6 heteroatoms. The van der Waals surface area contributed by atoms with Gasteiger partial charge in [0.2, 0.25) is 0 Å². The molecule has 0 unspecified atom stereocenters. The van der Waals surface area contributed by atoms with Crippen molar-refractivity contribution in [3.8, 4) is 11.1 Å². The molecule has 1 aliphatic carbocycles. The lowest BCUT2D eigenvalue weighted by atomic mass is 9.98. The summed E-state index contributed by atoms with van der Waals surface area (Å²) in [5.41, 5.74) is 6.06. The van der Waals surface area contributed by atoms with E-state index in [2.05, 4.69) is 34.6 Å². The van der Waals surface area contributed by atoms with Crippen LogP contribution in [0, 0.1) is 0 Å². The number of hydrogen-bond donors (Lipinski definition) is 2. The number of hydrogen-bond acceptors (Lipinski definition) is 4. The van der Waals surface area contributed by atoms with Gasteiger partial charge >= 0.3 is 12.1 Å². The highest BCUT2D eigenvalue weighted by Crippen LogP contribution is 2.44. The van der Waals surface area contributed by atoms with Gasteiger partial charge in [0, 0.05) is 18.7 Å². The lowest BCUT2D eigenvalue weighted by molar-refractivity contribution is -0.136. The van der Waals surface area contributed by atoms with Crippen molar-refractivity contribution in [2.75, 3.05) is 13.2 Å². The second kappa shape index (κ2) is 9.26. The molecule has 0 fully saturated rings. The van der Waals surface area contributed by atoms with Gasteiger partial charge in [0.15, 0.2) is 0 Å². The van der Waals surface area contributed by atoms with Crippen LogP contribution in [-0.4, -0.2) is 35.3 Å². The Hall–Kier alpha value is -3.93. The van der Waals surface area contributed by atoms with Crippen LogP contribution >= 0.6 is 0 Å². The number of alkyl carbamates (subject to hydrolysis) is 1. The standard InChI is InChI=1S/C25H22N2O4/c28-24(29)14-18-12-11-17(15-27-18)6-5-13-26-25(30)31-16-23-21-9-3-1-7-19(21)20-8-2-4-10-22(20)23/h1-12,15,23H,13-14,16H2,(H,26,30)(H,28,29). The highest BCUT2D eigenvalue weighted by molar-refractivity contribution is 5.79. The minimum Gasteiger partial charge on any atom is -0.481 e. The van der Waals surface area contributed by atoms with Gasteiger partial charge in [-0.1, -0.05) is 66.7 Å². The quantitative estimate of drug-likeness (QED) is 0.603. The summed E-state index contributed by atoms with van der Waals surface area (Å²) >= 11 is 0. The Morgan fingerprint density at radius 1 is 1.00 bits per heavy atom. The van der Waals surface area contributed by atoms with Crippen molar-refractivity contribution in [2.24, 2.45) is 0 Å². The number of fused-ring (bicyclic) bond motifs is 3. The predicted octanol–water partition coefficient (Wildman–Crippen LogP) is 4.26. The van der Waals surface area contributed by atoms with E-state index in [4.69, 9.17) is 9.84 Å². The summed E-state index contributed by atoms with van der Waals surface area (Å²) < 4.78 is 5.49. The zero-order chi connectivity index (χ0) is 21.6. The topological polar surface area (TPSA) is 88.5 Å². The third-order valence-electron chi connectivity index (χ3n) is 5.20. The summed E-state index contributed by atoms with van der Waals surface area (Å²) in [6.45, 7) is 0.589. The smallest absolute Gasteiger partial charge is 0.407 e. The number of carboxylic acid groups (broad SMARTS) is 1. The lowest BCUT2D eigenvalue weighted by Crippen LogP contribution is -2.26. The Labute approximate surface area is 180 Å². The van der Waals surface area contributed by atoms with Crippen LogP contribution in [0.5, 0.6) is 0 Å². The average Bonchev–Trinajstić information content (AvgIpc) is 3.10. The number of nitrogens with zero attached hydrogens (tertiary/aromatic N) is 1. The number of nitrogens with one attached hydrogen (secondary N) is 1. The number of pyridine rings is 1. The second-order valence-electron chi connectivity index (χ2n) is 7.26. The maximum atomic E-state index is 12.1. The van der Waals surface area contributed by atoms with Gasteiger partial charge in [0.1, 0.15) is 6.61 Å². The summed E-state index contributed by atoms with van der Waals surface area (Å²) in [7, 11) is 0. The van der Waals surface area contributed by atoms with Gasteiger partial charge in [0.25, 0.3) is 0 Å². The Balaban J connectivity index is 1.28. The first-order chi connectivity index (χ1) is 15.1. The van der Waals surface area contributed by atoms with E-state index < -0.39 is 12.1 Å². The maximum Gasteiger partial charge on any atom is 0.407 e. The molecule has 0 atom stereocenters. The summed E-state index contributed by atoms with van der Waals surface area (Å²) in [6, 6.07) is 19.9. The Morgan fingerprint density at radius 3 is 2.29 bits per heavy atom. The third-order valence-corrected chi connectivity index (χ3v) is 5.20. The van der Waals surface area contributed by atoms with E-state index in [1.807, 2.05) is 24.3 Å². The molecule has 0 aliphatic heterocycles. The largest absolute Gasteiger partial charge is 0.481 e. The van der Waals surface area contributed by atoms with Crippen LogP contribution in [0.1, 0.15) is 28.3 Å². The van der Waals surface area contributed by atoms with E-state index in [9.17, 15) is 9.59 Å². The number of amides is 1. The summed E-state index contributed by atoms with van der Waals surface area (Å²) in [5, 5.41) is 11.5. The molecule has 2 N–H and O–H groups in total. The second-order valence-corrected chi connectivity index (χ2v) is 7.26. The zero-order valence-corrected chi connectivity index (χ0v) is 16.8. The molecular formula is C25H22N2O4. The zero-order valence-electron chi connectivity index (χ0n) is 16.8. The monoisotopic (exact) mass is 414 g/mol. The van der Waals surface area contributed by atoms with Crippen LogP contribution in [0.3, 0.4) is 0 Å². The number of carbonyl (C=O) groups excluding carboxylic acids is 1. The Kier molecular flexibility index (Phi) is 6.08. The number of aliphatic carboxylic acids is 1. The molecule has 4 rings (SSSR count). The first kappa shape index (κ1) is 20.3. The van der Waals surface area contributed by atoms with Crippen molar-refractivity contribution in [3.63, 3.8) is 0 Å². The van der Waals surface area contributed by atoms with E-state index in [0.717, 1.165) is 5.56 Å². The van der Waals surface area contributed by atoms with Gasteiger partial charge in [-0.25, -0.2) is 4.79 Å². The molecule has 0 saturated carbocycles. The molecule has 1 aromatic heterocycles. The molecule has 31 heavy (non-hydrogen) atoms. The molecular weight excluding hydrogens is 392 g/mol. The fourth-order valence-electron chi connectivity index (χ4n) is 3.78. The normalized spacial score (nSPS) is 12.4. The molecule has 6 nitrogen and oxygen atoms in total. The van der Waals surface area contributed by atoms with E-state index >= 15 is 0 Å². The van der Waals surface area contributed by atoms with Crippen molar-refractivity contribution >= 4 is 18.1 Å². The number of benzene rings is 2. The number of aromatic nitrogens is 1. The molecule has 1 aliphatic rings. The molecule has 1 amide bonds. The predicted molar refractivity (Wildman–Crippen MR) is 118 cm³/mol. The highest BCUT2D eigenvalue weighted by Gasteiger charge is 2.28. The molecule has 1 heterocycles. The summed E-state index contributed by atoms with van der Waals surface area (Å²) in [6.07, 6.45) is 4.62. The number of carbonyl (C=O) groups is 2. The van der Waals surface area contributed by atoms with Gasteiger partial charge < -0.3 is 15.2 Å². The number of carboxylic acids is 1. The number of ether oxygens (including phenoxy) is 1. The molecule has 0 saturated heterocycles. The van der Waals surface area contributed by atoms with E-state index in [1.54, 1.807) is 30.5 Å². The van der Waals surface area contributed by atoms with Crippen LogP contribution in [0.25, 0.3) is 17.2 Å². The molecule has 0 spiro atoms. The molecule has 0 radical (unpaired) electrons. The van der Waals surface area contributed by atoms with E-state index in [1.165, 1.54) is 22.3 Å². The van der Waals surface area contributed by atoms with Gasteiger partial charge in [-0.15, -0.1) is 0 Å². The van der Waals surface area contributed by atoms with Crippen LogP contribution in [-0.2, 0) is 16.0 Å². The van der Waals surface area contributed by atoms with Gasteiger partial charge in [0.05, 0.1) is 12.1 Å². The van der Waals surface area contributed by atoms with Crippen LogP contribution in [0.15, 0.2) is 72.9 Å². The maximum absolute atomic E-state index is 12.1. The minimum absolute atomic E-state index is 0.0316. The van der Waals surface area contributed by atoms with Crippen molar-refractivity contribution in [2.45, 2.75) is 12.3 Å². The molecule has 156 valence electrons. The van der Waals surface area contributed by atoms with Crippen LogP contribution < -0.4 is 5.32 Å². The fourth-order valence-corrected chi connectivity index (χ4v) is 3.78. The highest BCUT2D eigenvalue weighted by atomic mass is 16.5.